The normalized spacial score (nSPS) is 11.7. The van der Waals surface area contributed by atoms with Gasteiger partial charge in [0.25, 0.3) is 0 Å². The zero-order chi connectivity index (χ0) is 19.1. The highest BCUT2D eigenvalue weighted by Crippen LogP contribution is 2.20. The summed E-state index contributed by atoms with van der Waals surface area (Å²) in [5, 5.41) is 0.385. The van der Waals surface area contributed by atoms with Crippen LogP contribution in [0.15, 0.2) is 42.6 Å². The van der Waals surface area contributed by atoms with E-state index in [1.807, 2.05) is 0 Å². The Balaban J connectivity index is 2.18. The maximum Gasteiger partial charge on any atom is 0.305 e. The molecule has 2 rings (SSSR count). The van der Waals surface area contributed by atoms with Crippen molar-refractivity contribution in [2.24, 2.45) is 5.73 Å². The second-order valence-electron chi connectivity index (χ2n) is 5.71. The van der Waals surface area contributed by atoms with Crippen molar-refractivity contribution in [3.63, 3.8) is 0 Å². The molecule has 0 unspecified atom stereocenters. The summed E-state index contributed by atoms with van der Waals surface area (Å²) < 4.78 is 4.54. The molecule has 1 aromatic carbocycles. The minimum atomic E-state index is -0.817. The van der Waals surface area contributed by atoms with Crippen LogP contribution in [0.2, 0.25) is 5.02 Å². The lowest BCUT2D eigenvalue weighted by molar-refractivity contribution is -0.140. The average Bonchev–Trinajstić information content (AvgIpc) is 2.67. The van der Waals surface area contributed by atoms with Crippen molar-refractivity contribution in [3.8, 4) is 0 Å². The summed E-state index contributed by atoms with van der Waals surface area (Å²) in [6.07, 6.45) is 1.73. The minimum absolute atomic E-state index is 0.0343. The van der Waals surface area contributed by atoms with Gasteiger partial charge in [0.1, 0.15) is 5.69 Å². The highest BCUT2D eigenvalue weighted by atomic mass is 35.5. The number of nitrogens with zero attached hydrogens (tertiary/aromatic N) is 1. The van der Waals surface area contributed by atoms with Crippen molar-refractivity contribution >= 4 is 29.1 Å². The maximum atomic E-state index is 12.7. The van der Waals surface area contributed by atoms with Gasteiger partial charge in [-0.05, 0) is 36.2 Å². The van der Waals surface area contributed by atoms with Gasteiger partial charge in [0, 0.05) is 29.6 Å². The summed E-state index contributed by atoms with van der Waals surface area (Å²) in [6, 6.07) is 8.95. The highest BCUT2D eigenvalue weighted by Gasteiger charge is 2.21. The van der Waals surface area contributed by atoms with E-state index in [0.29, 0.717) is 16.1 Å². The van der Waals surface area contributed by atoms with Gasteiger partial charge in [-0.25, -0.2) is 0 Å². The molecular weight excluding hydrogens is 356 g/mol. The number of esters is 1. The molecule has 136 valence electrons. The molecule has 0 amide bonds. The lowest BCUT2D eigenvalue weighted by atomic mass is 9.94. The average molecular weight is 375 g/mol. The van der Waals surface area contributed by atoms with Crippen molar-refractivity contribution < 1.29 is 19.1 Å². The Morgan fingerprint density at radius 2 is 2.00 bits per heavy atom. The second kappa shape index (κ2) is 9.22. The van der Waals surface area contributed by atoms with Crippen LogP contribution in [0.4, 0.5) is 0 Å². The van der Waals surface area contributed by atoms with Crippen molar-refractivity contribution in [1.82, 2.24) is 4.98 Å². The van der Waals surface area contributed by atoms with E-state index in [2.05, 4.69) is 9.72 Å². The summed E-state index contributed by atoms with van der Waals surface area (Å²) in [5.41, 5.74) is 6.94. The van der Waals surface area contributed by atoms with Crippen LogP contribution in [-0.4, -0.2) is 35.7 Å². The van der Waals surface area contributed by atoms with Crippen molar-refractivity contribution in [2.45, 2.75) is 25.3 Å². The number of carbonyl (C=O) groups excluding carboxylic acids is 3. The molecule has 1 atom stereocenters. The zero-order valence-electron chi connectivity index (χ0n) is 14.3. The maximum absolute atomic E-state index is 12.7. The van der Waals surface area contributed by atoms with Gasteiger partial charge in [-0.2, -0.15) is 0 Å². The molecule has 0 aliphatic carbocycles. The number of pyridine rings is 1. The van der Waals surface area contributed by atoms with E-state index in [0.717, 1.165) is 0 Å². The van der Waals surface area contributed by atoms with Gasteiger partial charge in [0.05, 0.1) is 13.2 Å². The summed E-state index contributed by atoms with van der Waals surface area (Å²) in [7, 11) is 1.28. The molecule has 1 heterocycles. The van der Waals surface area contributed by atoms with Crippen LogP contribution in [-0.2, 0) is 20.7 Å². The molecule has 0 saturated carbocycles. The lowest BCUT2D eigenvalue weighted by Gasteiger charge is -2.12. The molecule has 0 spiro atoms. The molecule has 2 N–H and O–H groups in total. The first-order chi connectivity index (χ1) is 12.4. The van der Waals surface area contributed by atoms with Crippen LogP contribution in [0.5, 0.6) is 0 Å². The van der Waals surface area contributed by atoms with Gasteiger partial charge in [-0.15, -0.1) is 0 Å². The monoisotopic (exact) mass is 374 g/mol. The van der Waals surface area contributed by atoms with Crippen LogP contribution >= 0.6 is 11.6 Å². The van der Waals surface area contributed by atoms with E-state index in [1.165, 1.54) is 19.4 Å². The fourth-order valence-corrected chi connectivity index (χ4v) is 2.58. The SMILES string of the molecule is COC(=O)CC[C@H](N)C(=O)Cc1ccc(Cl)cc1C(=O)c1ccccn1. The molecule has 0 saturated heterocycles. The van der Waals surface area contributed by atoms with Gasteiger partial charge in [-0.3, -0.25) is 19.4 Å². The number of ether oxygens (including phenoxy) is 1. The zero-order valence-corrected chi connectivity index (χ0v) is 15.0. The summed E-state index contributed by atoms with van der Waals surface area (Å²) in [5.74, 6) is -1.02. The predicted molar refractivity (Wildman–Crippen MR) is 97.1 cm³/mol. The van der Waals surface area contributed by atoms with E-state index in [9.17, 15) is 14.4 Å². The minimum Gasteiger partial charge on any atom is -0.469 e. The van der Waals surface area contributed by atoms with Crippen LogP contribution in [0, 0.1) is 0 Å². The van der Waals surface area contributed by atoms with Crippen molar-refractivity contribution in [3.05, 3.63) is 64.4 Å². The first kappa shape index (κ1) is 19.8. The summed E-state index contributed by atoms with van der Waals surface area (Å²) in [6.45, 7) is 0. The number of halogens is 1. The molecule has 0 aliphatic rings. The van der Waals surface area contributed by atoms with E-state index >= 15 is 0 Å². The van der Waals surface area contributed by atoms with Crippen molar-refractivity contribution in [2.75, 3.05) is 7.11 Å². The molecule has 0 aliphatic heterocycles. The summed E-state index contributed by atoms with van der Waals surface area (Å²) in [4.78, 5) is 40.3. The quantitative estimate of drug-likeness (QED) is 0.562. The Kier molecular flexibility index (Phi) is 7.00. The third-order valence-electron chi connectivity index (χ3n) is 3.88. The number of hydrogen-bond donors (Lipinski definition) is 1. The van der Waals surface area contributed by atoms with Gasteiger partial charge in [0.2, 0.25) is 5.78 Å². The fraction of sp³-hybridized carbons (Fsp3) is 0.263. The highest BCUT2D eigenvalue weighted by molar-refractivity contribution is 6.31. The van der Waals surface area contributed by atoms with E-state index in [1.54, 1.807) is 30.3 Å². The standard InChI is InChI=1S/C19H19ClN2O4/c1-26-18(24)8-7-15(21)17(23)10-12-5-6-13(20)11-14(12)19(25)16-4-2-3-9-22-16/h2-6,9,11,15H,7-8,10,21H2,1H3/t15-/m0/s1. The first-order valence-corrected chi connectivity index (χ1v) is 8.39. The van der Waals surface area contributed by atoms with E-state index < -0.39 is 12.0 Å². The number of rotatable bonds is 8. The Morgan fingerprint density at radius 3 is 2.65 bits per heavy atom. The van der Waals surface area contributed by atoms with Crippen LogP contribution in [0.3, 0.4) is 0 Å². The van der Waals surface area contributed by atoms with E-state index in [-0.39, 0.29) is 36.5 Å². The molecule has 0 bridgehead atoms. The Labute approximate surface area is 156 Å². The first-order valence-electron chi connectivity index (χ1n) is 8.01. The topological polar surface area (TPSA) is 99.4 Å². The molecular formula is C19H19ClN2O4. The molecule has 26 heavy (non-hydrogen) atoms. The van der Waals surface area contributed by atoms with Crippen LogP contribution in [0.25, 0.3) is 0 Å². The summed E-state index contributed by atoms with van der Waals surface area (Å²) >= 11 is 6.01. The Bertz CT molecular complexity index is 808. The third kappa shape index (κ3) is 5.21. The molecule has 1 aromatic heterocycles. The molecule has 0 fully saturated rings. The van der Waals surface area contributed by atoms with Gasteiger partial charge in [0.15, 0.2) is 5.78 Å². The molecule has 2 aromatic rings. The van der Waals surface area contributed by atoms with Gasteiger partial charge >= 0.3 is 5.97 Å². The number of aromatic nitrogens is 1. The van der Waals surface area contributed by atoms with Crippen LogP contribution in [0.1, 0.15) is 34.5 Å². The van der Waals surface area contributed by atoms with Crippen molar-refractivity contribution in [1.29, 1.82) is 0 Å². The number of hydrogen-bond acceptors (Lipinski definition) is 6. The molecule has 7 heteroatoms. The number of ketones is 2. The third-order valence-corrected chi connectivity index (χ3v) is 4.11. The lowest BCUT2D eigenvalue weighted by Crippen LogP contribution is -2.32. The fourth-order valence-electron chi connectivity index (χ4n) is 2.40. The number of carbonyl (C=O) groups is 3. The number of nitrogens with two attached hydrogens (primary N) is 1. The number of methoxy groups -OCH3 is 1. The second-order valence-corrected chi connectivity index (χ2v) is 6.15. The molecule has 0 radical (unpaired) electrons. The van der Waals surface area contributed by atoms with Crippen LogP contribution < -0.4 is 5.73 Å². The number of Topliss-reactive ketones (excluding diaryl/α,β-unsaturated/α-hetero) is 1. The Morgan fingerprint density at radius 1 is 1.23 bits per heavy atom. The Hall–Kier alpha value is -2.57. The largest absolute Gasteiger partial charge is 0.469 e. The van der Waals surface area contributed by atoms with Gasteiger partial charge < -0.3 is 10.5 Å². The van der Waals surface area contributed by atoms with E-state index in [4.69, 9.17) is 17.3 Å². The smallest absolute Gasteiger partial charge is 0.305 e. The van der Waals surface area contributed by atoms with Gasteiger partial charge in [-0.1, -0.05) is 23.7 Å². The predicted octanol–water partition coefficient (Wildman–Crippen LogP) is 2.36. The number of benzene rings is 1. The molecule has 6 nitrogen and oxygen atoms in total.